The number of allylic oxidation sites excluding steroid dienone is 2. The first-order chi connectivity index (χ1) is 16.2. The van der Waals surface area contributed by atoms with E-state index in [1.165, 1.54) is 0 Å². The van der Waals surface area contributed by atoms with Gasteiger partial charge < -0.3 is 9.47 Å². The number of esters is 2. The highest BCUT2D eigenvalue weighted by molar-refractivity contribution is 5.94. The lowest BCUT2D eigenvalue weighted by atomic mass is 9.83. The van der Waals surface area contributed by atoms with Gasteiger partial charge in [0.2, 0.25) is 0 Å². The fourth-order valence-electron chi connectivity index (χ4n) is 5.39. The number of hydrogen-bond acceptors (Lipinski definition) is 4. The van der Waals surface area contributed by atoms with Crippen LogP contribution in [0.25, 0.3) is 21.5 Å². The molecular weight excluding hydrogens is 412 g/mol. The SMILES string of the molecule is O=C(Oc1cccc2ccccc12)[C@@H]1[C@H](C(=O)Oc2cccc3ccccc23)[C@@H]2C=C[C@H]1C2. The number of ether oxygens (including phenoxy) is 2. The molecule has 0 aliphatic heterocycles. The van der Waals surface area contributed by atoms with E-state index < -0.39 is 11.8 Å². The second kappa shape index (κ2) is 7.89. The Kier molecular flexibility index (Phi) is 4.72. The summed E-state index contributed by atoms with van der Waals surface area (Å²) in [5.74, 6) is -0.837. The van der Waals surface area contributed by atoms with Crippen molar-refractivity contribution in [2.45, 2.75) is 6.42 Å². The molecule has 4 aromatic rings. The van der Waals surface area contributed by atoms with Crippen LogP contribution in [0.2, 0.25) is 0 Å². The van der Waals surface area contributed by atoms with Gasteiger partial charge in [0.05, 0.1) is 11.8 Å². The summed E-state index contributed by atoms with van der Waals surface area (Å²) in [5, 5.41) is 3.76. The van der Waals surface area contributed by atoms with Gasteiger partial charge in [0, 0.05) is 10.8 Å². The van der Waals surface area contributed by atoms with Crippen LogP contribution in [0.1, 0.15) is 6.42 Å². The number of rotatable bonds is 4. The minimum absolute atomic E-state index is 0.0115. The smallest absolute Gasteiger partial charge is 0.315 e. The number of carbonyl (C=O) groups excluding carboxylic acids is 2. The average molecular weight is 434 g/mol. The second-order valence-electron chi connectivity index (χ2n) is 8.80. The third kappa shape index (κ3) is 3.39. The molecule has 4 atom stereocenters. The van der Waals surface area contributed by atoms with Gasteiger partial charge in [0.25, 0.3) is 0 Å². The Hall–Kier alpha value is -3.92. The van der Waals surface area contributed by atoms with Gasteiger partial charge >= 0.3 is 11.9 Å². The van der Waals surface area contributed by atoms with Crippen LogP contribution in [-0.2, 0) is 9.59 Å². The Morgan fingerprint density at radius 2 is 1.00 bits per heavy atom. The molecule has 1 fully saturated rings. The molecule has 1 saturated carbocycles. The van der Waals surface area contributed by atoms with Gasteiger partial charge in [-0.1, -0.05) is 84.9 Å². The number of benzene rings is 4. The molecule has 0 N–H and O–H groups in total. The summed E-state index contributed by atoms with van der Waals surface area (Å²) in [4.78, 5) is 26.7. The Balaban J connectivity index is 1.28. The van der Waals surface area contributed by atoms with Crippen molar-refractivity contribution in [3.63, 3.8) is 0 Å². The van der Waals surface area contributed by atoms with Crippen LogP contribution >= 0.6 is 0 Å². The van der Waals surface area contributed by atoms with Crippen molar-refractivity contribution in [1.82, 2.24) is 0 Å². The molecular formula is C29H22O4. The van der Waals surface area contributed by atoms with E-state index in [1.807, 2.05) is 84.9 Å². The van der Waals surface area contributed by atoms with Gasteiger partial charge in [-0.25, -0.2) is 0 Å². The van der Waals surface area contributed by atoms with Crippen molar-refractivity contribution < 1.29 is 19.1 Å². The maximum Gasteiger partial charge on any atom is 0.315 e. The average Bonchev–Trinajstić information content (AvgIpc) is 3.47. The molecule has 0 aromatic heterocycles. The highest BCUT2D eigenvalue weighted by atomic mass is 16.5. The molecule has 162 valence electrons. The molecule has 2 aliphatic carbocycles. The van der Waals surface area contributed by atoms with Crippen molar-refractivity contribution in [2.75, 3.05) is 0 Å². The predicted octanol–water partition coefficient (Wildman–Crippen LogP) is 5.94. The molecule has 4 aromatic carbocycles. The first kappa shape index (κ1) is 19.7. The molecule has 2 aliphatic rings. The van der Waals surface area contributed by atoms with E-state index in [-0.39, 0.29) is 23.8 Å². The summed E-state index contributed by atoms with van der Waals surface area (Å²) in [6.45, 7) is 0. The van der Waals surface area contributed by atoms with Crippen LogP contribution in [0.15, 0.2) is 97.1 Å². The summed E-state index contributed by atoms with van der Waals surface area (Å²) in [5.41, 5.74) is 0. The molecule has 33 heavy (non-hydrogen) atoms. The molecule has 0 amide bonds. The molecule has 0 saturated heterocycles. The van der Waals surface area contributed by atoms with Crippen molar-refractivity contribution in [1.29, 1.82) is 0 Å². The van der Waals surface area contributed by atoms with Gasteiger partial charge in [0.1, 0.15) is 11.5 Å². The lowest BCUT2D eigenvalue weighted by Gasteiger charge is -2.25. The molecule has 6 rings (SSSR count). The van der Waals surface area contributed by atoms with Crippen LogP contribution in [0.3, 0.4) is 0 Å². The van der Waals surface area contributed by atoms with E-state index in [0.717, 1.165) is 28.0 Å². The first-order valence-electron chi connectivity index (χ1n) is 11.3. The van der Waals surface area contributed by atoms with E-state index in [1.54, 1.807) is 12.1 Å². The van der Waals surface area contributed by atoms with Gasteiger partial charge in [-0.15, -0.1) is 0 Å². The molecule has 0 unspecified atom stereocenters. The fourth-order valence-corrected chi connectivity index (χ4v) is 5.39. The third-order valence-corrected chi connectivity index (χ3v) is 6.92. The van der Waals surface area contributed by atoms with Crippen LogP contribution < -0.4 is 9.47 Å². The molecule has 0 radical (unpaired) electrons. The predicted molar refractivity (Wildman–Crippen MR) is 127 cm³/mol. The second-order valence-corrected chi connectivity index (χ2v) is 8.80. The lowest BCUT2D eigenvalue weighted by Crippen LogP contribution is -2.37. The maximum absolute atomic E-state index is 13.4. The van der Waals surface area contributed by atoms with Gasteiger partial charge in [0.15, 0.2) is 0 Å². The van der Waals surface area contributed by atoms with Crippen LogP contribution in [-0.4, -0.2) is 11.9 Å². The largest absolute Gasteiger partial charge is 0.426 e. The Bertz CT molecular complexity index is 1300. The lowest BCUT2D eigenvalue weighted by molar-refractivity contribution is -0.150. The van der Waals surface area contributed by atoms with Crippen LogP contribution in [0.5, 0.6) is 11.5 Å². The quantitative estimate of drug-likeness (QED) is 0.227. The summed E-state index contributed by atoms with van der Waals surface area (Å²) >= 11 is 0. The summed E-state index contributed by atoms with van der Waals surface area (Å²) in [6.07, 6.45) is 4.85. The van der Waals surface area contributed by atoms with Crippen molar-refractivity contribution in [3.8, 4) is 11.5 Å². The number of fused-ring (bicyclic) bond motifs is 4. The minimum Gasteiger partial charge on any atom is -0.426 e. The molecule has 0 heterocycles. The minimum atomic E-state index is -0.554. The third-order valence-electron chi connectivity index (χ3n) is 6.92. The van der Waals surface area contributed by atoms with Crippen LogP contribution in [0, 0.1) is 23.7 Å². The zero-order chi connectivity index (χ0) is 22.4. The zero-order valence-corrected chi connectivity index (χ0v) is 17.9. The fraction of sp³-hybridized carbons (Fsp3) is 0.172. The molecule has 2 bridgehead atoms. The van der Waals surface area contributed by atoms with E-state index in [9.17, 15) is 9.59 Å². The Morgan fingerprint density at radius 1 is 0.576 bits per heavy atom. The monoisotopic (exact) mass is 434 g/mol. The normalized spacial score (nSPS) is 23.2. The van der Waals surface area contributed by atoms with E-state index in [0.29, 0.717) is 11.5 Å². The Labute approximate surface area is 191 Å². The summed E-state index contributed by atoms with van der Waals surface area (Å²) in [7, 11) is 0. The number of carbonyl (C=O) groups is 2. The number of hydrogen-bond donors (Lipinski definition) is 0. The van der Waals surface area contributed by atoms with E-state index in [2.05, 4.69) is 0 Å². The summed E-state index contributed by atoms with van der Waals surface area (Å²) in [6, 6.07) is 26.9. The van der Waals surface area contributed by atoms with Gasteiger partial charge in [-0.05, 0) is 41.2 Å². The topological polar surface area (TPSA) is 52.6 Å². The van der Waals surface area contributed by atoms with Crippen molar-refractivity contribution >= 4 is 33.5 Å². The Morgan fingerprint density at radius 3 is 1.48 bits per heavy atom. The van der Waals surface area contributed by atoms with Crippen molar-refractivity contribution in [3.05, 3.63) is 97.1 Å². The van der Waals surface area contributed by atoms with Gasteiger partial charge in [-0.2, -0.15) is 0 Å². The van der Waals surface area contributed by atoms with Crippen molar-refractivity contribution in [2.24, 2.45) is 23.7 Å². The van der Waals surface area contributed by atoms with Gasteiger partial charge in [-0.3, -0.25) is 9.59 Å². The highest BCUT2D eigenvalue weighted by Crippen LogP contribution is 2.49. The summed E-state index contributed by atoms with van der Waals surface area (Å²) < 4.78 is 11.8. The zero-order valence-electron chi connectivity index (χ0n) is 17.9. The van der Waals surface area contributed by atoms with E-state index in [4.69, 9.17) is 9.47 Å². The standard InChI is InChI=1S/C29H22O4/c30-28(32-24-13-5-9-18-7-1-3-11-22(18)24)26-20-15-16-21(17-20)27(26)29(31)33-25-14-6-10-19-8-2-4-12-23(19)25/h1-16,20-21,26-27H,17H2/t20-,21+,26-,27+. The highest BCUT2D eigenvalue weighted by Gasteiger charge is 2.53. The molecule has 4 heteroatoms. The molecule has 4 nitrogen and oxygen atoms in total. The van der Waals surface area contributed by atoms with E-state index >= 15 is 0 Å². The maximum atomic E-state index is 13.4. The van der Waals surface area contributed by atoms with Crippen LogP contribution in [0.4, 0.5) is 0 Å². The first-order valence-corrected chi connectivity index (χ1v) is 11.3. The molecule has 0 spiro atoms.